The van der Waals surface area contributed by atoms with Crippen LogP contribution < -0.4 is 5.73 Å². The van der Waals surface area contributed by atoms with Crippen molar-refractivity contribution in [1.82, 2.24) is 0 Å². The summed E-state index contributed by atoms with van der Waals surface area (Å²) in [5, 5.41) is 0. The predicted octanol–water partition coefficient (Wildman–Crippen LogP) is 4.71. The first-order valence-corrected chi connectivity index (χ1v) is 7.05. The lowest BCUT2D eigenvalue weighted by molar-refractivity contribution is 0.114. The SMILES string of the molecule is C=C(OC(C)c1cc(CC(C)C)ccc1N)C(C)C. The van der Waals surface area contributed by atoms with E-state index in [1.807, 2.05) is 13.0 Å². The van der Waals surface area contributed by atoms with Gasteiger partial charge in [0.15, 0.2) is 0 Å². The van der Waals surface area contributed by atoms with Crippen molar-refractivity contribution >= 4 is 5.69 Å². The Morgan fingerprint density at radius 3 is 2.37 bits per heavy atom. The highest BCUT2D eigenvalue weighted by Gasteiger charge is 2.14. The molecule has 0 saturated heterocycles. The minimum atomic E-state index is -0.0537. The molecule has 0 amide bonds. The van der Waals surface area contributed by atoms with Gasteiger partial charge in [0, 0.05) is 17.2 Å². The van der Waals surface area contributed by atoms with Crippen molar-refractivity contribution in [2.75, 3.05) is 5.73 Å². The van der Waals surface area contributed by atoms with E-state index in [1.54, 1.807) is 0 Å². The third-order valence-electron chi connectivity index (χ3n) is 3.21. The third-order valence-corrected chi connectivity index (χ3v) is 3.21. The molecule has 0 heterocycles. The smallest absolute Gasteiger partial charge is 0.122 e. The Labute approximate surface area is 117 Å². The molecular formula is C17H27NO. The summed E-state index contributed by atoms with van der Waals surface area (Å²) in [6.07, 6.45) is 1.01. The van der Waals surface area contributed by atoms with Crippen molar-refractivity contribution in [3.63, 3.8) is 0 Å². The largest absolute Gasteiger partial charge is 0.491 e. The number of benzene rings is 1. The van der Waals surface area contributed by atoms with Gasteiger partial charge in [-0.3, -0.25) is 0 Å². The summed E-state index contributed by atoms with van der Waals surface area (Å²) < 4.78 is 5.86. The highest BCUT2D eigenvalue weighted by Crippen LogP contribution is 2.28. The number of hydrogen-bond donors (Lipinski definition) is 1. The van der Waals surface area contributed by atoms with Crippen LogP contribution in [0.2, 0.25) is 0 Å². The molecular weight excluding hydrogens is 234 g/mol. The summed E-state index contributed by atoms with van der Waals surface area (Å²) in [6.45, 7) is 14.6. The van der Waals surface area contributed by atoms with E-state index in [9.17, 15) is 0 Å². The summed E-state index contributed by atoms with van der Waals surface area (Å²) in [6, 6.07) is 6.24. The summed E-state index contributed by atoms with van der Waals surface area (Å²) in [5.41, 5.74) is 9.22. The molecule has 2 heteroatoms. The van der Waals surface area contributed by atoms with Crippen LogP contribution in [0.1, 0.15) is 51.8 Å². The summed E-state index contributed by atoms with van der Waals surface area (Å²) >= 11 is 0. The minimum absolute atomic E-state index is 0.0537. The molecule has 1 rings (SSSR count). The van der Waals surface area contributed by atoms with Crippen LogP contribution in [0.15, 0.2) is 30.5 Å². The van der Waals surface area contributed by atoms with Crippen molar-refractivity contribution in [2.24, 2.45) is 11.8 Å². The van der Waals surface area contributed by atoms with Crippen LogP contribution in [-0.4, -0.2) is 0 Å². The van der Waals surface area contributed by atoms with E-state index in [1.165, 1.54) is 5.56 Å². The van der Waals surface area contributed by atoms with Crippen molar-refractivity contribution < 1.29 is 4.74 Å². The van der Waals surface area contributed by atoms with Gasteiger partial charge in [0.2, 0.25) is 0 Å². The van der Waals surface area contributed by atoms with E-state index in [4.69, 9.17) is 10.5 Å². The number of nitrogens with two attached hydrogens (primary N) is 1. The number of ether oxygens (including phenoxy) is 1. The lowest BCUT2D eigenvalue weighted by Gasteiger charge is -2.21. The molecule has 0 aromatic heterocycles. The van der Waals surface area contributed by atoms with Crippen LogP contribution in [0.4, 0.5) is 5.69 Å². The maximum atomic E-state index is 6.06. The Kier molecular flexibility index (Phi) is 5.46. The maximum Gasteiger partial charge on any atom is 0.122 e. The zero-order chi connectivity index (χ0) is 14.6. The Morgan fingerprint density at radius 2 is 1.84 bits per heavy atom. The molecule has 0 aliphatic rings. The number of allylic oxidation sites excluding steroid dienone is 1. The van der Waals surface area contributed by atoms with Gasteiger partial charge < -0.3 is 10.5 Å². The monoisotopic (exact) mass is 261 g/mol. The van der Waals surface area contributed by atoms with E-state index in [0.29, 0.717) is 11.8 Å². The minimum Gasteiger partial charge on any atom is -0.491 e. The molecule has 19 heavy (non-hydrogen) atoms. The molecule has 0 fully saturated rings. The van der Waals surface area contributed by atoms with Crippen LogP contribution >= 0.6 is 0 Å². The molecule has 0 radical (unpaired) electrons. The summed E-state index contributed by atoms with van der Waals surface area (Å²) in [7, 11) is 0. The molecule has 0 spiro atoms. The van der Waals surface area contributed by atoms with Crippen molar-refractivity contribution in [3.8, 4) is 0 Å². The van der Waals surface area contributed by atoms with Gasteiger partial charge in [-0.1, -0.05) is 46.4 Å². The Balaban J connectivity index is 2.89. The highest BCUT2D eigenvalue weighted by molar-refractivity contribution is 5.50. The molecule has 0 aliphatic carbocycles. The molecule has 1 aromatic rings. The van der Waals surface area contributed by atoms with E-state index in [2.05, 4.69) is 46.4 Å². The average molecular weight is 261 g/mol. The second-order valence-electron chi connectivity index (χ2n) is 5.94. The van der Waals surface area contributed by atoms with Crippen molar-refractivity contribution in [2.45, 2.75) is 47.1 Å². The lowest BCUT2D eigenvalue weighted by Crippen LogP contribution is -2.07. The predicted molar refractivity (Wildman–Crippen MR) is 82.9 cm³/mol. The first kappa shape index (κ1) is 15.6. The standard InChI is InChI=1S/C17H27NO/c1-11(2)9-15-7-8-17(18)16(10-15)14(6)19-13(5)12(3)4/h7-8,10-12,14H,5,9,18H2,1-4,6H3. The molecule has 1 unspecified atom stereocenters. The summed E-state index contributed by atoms with van der Waals surface area (Å²) in [5.74, 6) is 1.77. The molecule has 0 bridgehead atoms. The fourth-order valence-electron chi connectivity index (χ4n) is 2.00. The van der Waals surface area contributed by atoms with Gasteiger partial charge in [0.1, 0.15) is 6.10 Å². The Hall–Kier alpha value is -1.44. The highest BCUT2D eigenvalue weighted by atomic mass is 16.5. The van der Waals surface area contributed by atoms with Gasteiger partial charge in [0.05, 0.1) is 5.76 Å². The molecule has 106 valence electrons. The summed E-state index contributed by atoms with van der Waals surface area (Å²) in [4.78, 5) is 0. The van der Waals surface area contributed by atoms with E-state index in [0.717, 1.165) is 23.4 Å². The van der Waals surface area contributed by atoms with Gasteiger partial charge >= 0.3 is 0 Å². The van der Waals surface area contributed by atoms with Crippen LogP contribution in [0.5, 0.6) is 0 Å². The number of anilines is 1. The van der Waals surface area contributed by atoms with Gasteiger partial charge in [-0.2, -0.15) is 0 Å². The quantitative estimate of drug-likeness (QED) is 0.594. The Morgan fingerprint density at radius 1 is 1.21 bits per heavy atom. The third kappa shape index (κ3) is 4.62. The molecule has 1 aromatic carbocycles. The topological polar surface area (TPSA) is 35.2 Å². The van der Waals surface area contributed by atoms with Crippen LogP contribution in [0.3, 0.4) is 0 Å². The van der Waals surface area contributed by atoms with Gasteiger partial charge in [-0.15, -0.1) is 0 Å². The fraction of sp³-hybridized carbons (Fsp3) is 0.529. The lowest BCUT2D eigenvalue weighted by atomic mass is 9.98. The fourth-order valence-corrected chi connectivity index (χ4v) is 2.00. The maximum absolute atomic E-state index is 6.06. The molecule has 2 nitrogen and oxygen atoms in total. The zero-order valence-corrected chi connectivity index (χ0v) is 12.9. The zero-order valence-electron chi connectivity index (χ0n) is 12.9. The van der Waals surface area contributed by atoms with Gasteiger partial charge in [0.25, 0.3) is 0 Å². The molecule has 1 atom stereocenters. The number of nitrogen functional groups attached to an aromatic ring is 1. The van der Waals surface area contributed by atoms with Gasteiger partial charge in [-0.05, 0) is 30.9 Å². The van der Waals surface area contributed by atoms with Crippen LogP contribution in [-0.2, 0) is 11.2 Å². The average Bonchev–Trinajstić information content (AvgIpc) is 2.30. The van der Waals surface area contributed by atoms with Gasteiger partial charge in [-0.25, -0.2) is 0 Å². The van der Waals surface area contributed by atoms with Crippen molar-refractivity contribution in [3.05, 3.63) is 41.7 Å². The number of hydrogen-bond acceptors (Lipinski definition) is 2. The van der Waals surface area contributed by atoms with E-state index in [-0.39, 0.29) is 6.10 Å². The van der Waals surface area contributed by atoms with Crippen LogP contribution in [0.25, 0.3) is 0 Å². The molecule has 2 N–H and O–H groups in total. The second-order valence-corrected chi connectivity index (χ2v) is 5.94. The van der Waals surface area contributed by atoms with E-state index < -0.39 is 0 Å². The van der Waals surface area contributed by atoms with Crippen LogP contribution in [0, 0.1) is 11.8 Å². The molecule has 0 aliphatic heterocycles. The molecule has 0 saturated carbocycles. The first-order valence-electron chi connectivity index (χ1n) is 7.05. The second kappa shape index (κ2) is 6.65. The normalized spacial score (nSPS) is 12.8. The van der Waals surface area contributed by atoms with Crippen molar-refractivity contribution in [1.29, 1.82) is 0 Å². The Bertz CT molecular complexity index is 435. The number of rotatable bonds is 6. The first-order chi connectivity index (χ1) is 8.81. The van der Waals surface area contributed by atoms with E-state index >= 15 is 0 Å².